The molecular formula is C15H23NO4S. The summed E-state index contributed by atoms with van der Waals surface area (Å²) in [5, 5.41) is 2.09. The first kappa shape index (κ1) is 17.8. The lowest BCUT2D eigenvalue weighted by molar-refractivity contribution is -0.142. The van der Waals surface area contributed by atoms with Gasteiger partial charge in [-0.2, -0.15) is 0 Å². The molecule has 0 aliphatic carbocycles. The number of ketones is 1. The molecule has 0 aliphatic rings. The molecular weight excluding hydrogens is 290 g/mol. The van der Waals surface area contributed by atoms with Crippen molar-refractivity contribution in [3.8, 4) is 0 Å². The Balaban J connectivity index is 2.45. The molecule has 0 radical (unpaired) electrons. The van der Waals surface area contributed by atoms with Gasteiger partial charge in [0, 0.05) is 5.38 Å². The number of ether oxygens (including phenoxy) is 2. The van der Waals surface area contributed by atoms with Gasteiger partial charge in [0.1, 0.15) is 6.61 Å². The number of Topliss-reactive ketones (excluding diaryl/α,β-unsaturated/α-hetero) is 1. The van der Waals surface area contributed by atoms with Gasteiger partial charge in [-0.05, 0) is 26.2 Å². The summed E-state index contributed by atoms with van der Waals surface area (Å²) < 4.78 is 10.4. The summed E-state index contributed by atoms with van der Waals surface area (Å²) in [4.78, 5) is 27.5. The lowest BCUT2D eigenvalue weighted by atomic mass is 10.1. The topological polar surface area (TPSA) is 65.5 Å². The van der Waals surface area contributed by atoms with Crippen LogP contribution in [0.25, 0.3) is 0 Å². The fourth-order valence-corrected chi connectivity index (χ4v) is 2.63. The van der Waals surface area contributed by atoms with E-state index in [1.165, 1.54) is 11.3 Å². The Morgan fingerprint density at radius 2 is 2.05 bits per heavy atom. The highest BCUT2D eigenvalue weighted by Gasteiger charge is 2.15. The van der Waals surface area contributed by atoms with Gasteiger partial charge in [-0.15, -0.1) is 11.3 Å². The average molecular weight is 313 g/mol. The van der Waals surface area contributed by atoms with Crippen LogP contribution >= 0.6 is 11.3 Å². The second-order valence-corrected chi connectivity index (χ2v) is 6.16. The van der Waals surface area contributed by atoms with Gasteiger partial charge in [-0.25, -0.2) is 4.98 Å². The van der Waals surface area contributed by atoms with Crippen LogP contribution in [0.1, 0.15) is 49.6 Å². The van der Waals surface area contributed by atoms with E-state index in [1.54, 1.807) is 12.3 Å². The van der Waals surface area contributed by atoms with Gasteiger partial charge in [0.25, 0.3) is 0 Å². The third-order valence-electron chi connectivity index (χ3n) is 2.72. The van der Waals surface area contributed by atoms with Gasteiger partial charge < -0.3 is 9.47 Å². The molecule has 0 aromatic carbocycles. The van der Waals surface area contributed by atoms with Crippen molar-refractivity contribution in [1.29, 1.82) is 0 Å². The normalized spacial score (nSPS) is 12.4. The lowest BCUT2D eigenvalue weighted by Crippen LogP contribution is -2.17. The molecule has 0 saturated heterocycles. The van der Waals surface area contributed by atoms with E-state index in [9.17, 15) is 9.59 Å². The monoisotopic (exact) mass is 313 g/mol. The molecule has 5 nitrogen and oxygen atoms in total. The Morgan fingerprint density at radius 3 is 2.67 bits per heavy atom. The Morgan fingerprint density at radius 1 is 1.33 bits per heavy atom. The molecule has 1 heterocycles. The van der Waals surface area contributed by atoms with Crippen LogP contribution < -0.4 is 0 Å². The Hall–Kier alpha value is -1.27. The van der Waals surface area contributed by atoms with Crippen molar-refractivity contribution in [1.82, 2.24) is 4.98 Å². The van der Waals surface area contributed by atoms with Gasteiger partial charge in [-0.3, -0.25) is 9.59 Å². The first-order valence-corrected chi connectivity index (χ1v) is 8.05. The molecule has 118 valence electrons. The minimum absolute atomic E-state index is 0.0280. The van der Waals surface area contributed by atoms with E-state index < -0.39 is 0 Å². The number of aromatic nitrogens is 1. The van der Waals surface area contributed by atoms with Crippen LogP contribution in [0.15, 0.2) is 5.38 Å². The van der Waals surface area contributed by atoms with E-state index in [1.807, 2.05) is 6.92 Å². The first-order chi connectivity index (χ1) is 9.92. The Bertz CT molecular complexity index is 470. The molecule has 1 unspecified atom stereocenters. The minimum atomic E-state index is -0.330. The predicted molar refractivity (Wildman–Crippen MR) is 81.7 cm³/mol. The summed E-state index contributed by atoms with van der Waals surface area (Å²) in [5.74, 6) is 0.0560. The van der Waals surface area contributed by atoms with Crippen molar-refractivity contribution >= 4 is 23.1 Å². The van der Waals surface area contributed by atoms with Crippen molar-refractivity contribution in [2.24, 2.45) is 5.92 Å². The molecule has 0 saturated carbocycles. The molecule has 0 amide bonds. The maximum atomic E-state index is 12.0. The van der Waals surface area contributed by atoms with Crippen LogP contribution in [0.2, 0.25) is 0 Å². The molecule has 1 aromatic heterocycles. The highest BCUT2D eigenvalue weighted by molar-refractivity contribution is 7.11. The maximum Gasteiger partial charge on any atom is 0.311 e. The number of esters is 1. The summed E-state index contributed by atoms with van der Waals surface area (Å²) in [6.07, 6.45) is 1.06. The van der Waals surface area contributed by atoms with Crippen LogP contribution in [-0.4, -0.2) is 36.1 Å². The van der Waals surface area contributed by atoms with Gasteiger partial charge in [0.05, 0.1) is 24.8 Å². The molecule has 0 bridgehead atoms. The number of hydrogen-bond donors (Lipinski definition) is 0. The summed E-state index contributed by atoms with van der Waals surface area (Å²) in [5.41, 5.74) is 0.567. The zero-order valence-corrected chi connectivity index (χ0v) is 13.9. The lowest BCUT2D eigenvalue weighted by Gasteiger charge is -2.13. The number of rotatable bonds is 9. The third-order valence-corrected chi connectivity index (χ3v) is 3.66. The van der Waals surface area contributed by atoms with Gasteiger partial charge in [0.2, 0.25) is 5.78 Å². The fraction of sp³-hybridized carbons (Fsp3) is 0.667. The van der Waals surface area contributed by atoms with E-state index >= 15 is 0 Å². The molecule has 21 heavy (non-hydrogen) atoms. The summed E-state index contributed by atoms with van der Waals surface area (Å²) >= 11 is 1.23. The summed E-state index contributed by atoms with van der Waals surface area (Å²) in [6.45, 7) is 8.32. The van der Waals surface area contributed by atoms with Crippen LogP contribution in [0.3, 0.4) is 0 Å². The summed E-state index contributed by atoms with van der Waals surface area (Å²) in [6, 6.07) is 0. The molecule has 0 fully saturated rings. The zero-order valence-electron chi connectivity index (χ0n) is 13.0. The Labute approximate surface area is 129 Å². The molecule has 1 aromatic rings. The van der Waals surface area contributed by atoms with Crippen molar-refractivity contribution in [3.05, 3.63) is 16.1 Å². The number of hydrogen-bond acceptors (Lipinski definition) is 6. The van der Waals surface area contributed by atoms with E-state index in [0.29, 0.717) is 23.2 Å². The number of thiazole rings is 1. The molecule has 6 heteroatoms. The standard InChI is InChI=1S/C15H23NO4S/c1-5-19-14(18)7-12-9-21-15(16-12)13(17)8-20-11(4)6-10(2)3/h9-11H,5-8H2,1-4H3. The quantitative estimate of drug-likeness (QED) is 0.518. The number of carbonyl (C=O) groups excluding carboxylic acids is 2. The average Bonchev–Trinajstić information content (AvgIpc) is 2.84. The van der Waals surface area contributed by atoms with Crippen LogP contribution in [0.4, 0.5) is 0 Å². The van der Waals surface area contributed by atoms with Crippen molar-refractivity contribution < 1.29 is 19.1 Å². The smallest absolute Gasteiger partial charge is 0.311 e. The largest absolute Gasteiger partial charge is 0.466 e. The third kappa shape index (κ3) is 6.82. The fourth-order valence-electron chi connectivity index (χ4n) is 1.89. The van der Waals surface area contributed by atoms with Gasteiger partial charge in [-0.1, -0.05) is 13.8 Å². The number of nitrogens with zero attached hydrogens (tertiary/aromatic N) is 1. The van der Waals surface area contributed by atoms with Crippen LogP contribution in [-0.2, 0) is 20.7 Å². The molecule has 1 rings (SSSR count). The van der Waals surface area contributed by atoms with Crippen molar-refractivity contribution in [2.75, 3.05) is 13.2 Å². The van der Waals surface area contributed by atoms with Crippen molar-refractivity contribution in [3.63, 3.8) is 0 Å². The Kier molecular flexibility index (Phi) is 7.53. The molecule has 1 atom stereocenters. The van der Waals surface area contributed by atoms with E-state index in [4.69, 9.17) is 9.47 Å². The number of carbonyl (C=O) groups is 2. The van der Waals surface area contributed by atoms with E-state index in [0.717, 1.165) is 6.42 Å². The summed E-state index contributed by atoms with van der Waals surface area (Å²) in [7, 11) is 0. The molecule has 0 spiro atoms. The van der Waals surface area contributed by atoms with E-state index in [-0.39, 0.29) is 30.9 Å². The van der Waals surface area contributed by atoms with Crippen LogP contribution in [0.5, 0.6) is 0 Å². The second-order valence-electron chi connectivity index (χ2n) is 5.30. The van der Waals surface area contributed by atoms with Gasteiger partial charge >= 0.3 is 5.97 Å². The zero-order chi connectivity index (χ0) is 15.8. The predicted octanol–water partition coefficient (Wildman–Crippen LogP) is 2.88. The minimum Gasteiger partial charge on any atom is -0.466 e. The van der Waals surface area contributed by atoms with Crippen LogP contribution in [0, 0.1) is 5.92 Å². The highest BCUT2D eigenvalue weighted by Crippen LogP contribution is 2.13. The maximum absolute atomic E-state index is 12.0. The highest BCUT2D eigenvalue weighted by atomic mass is 32.1. The SMILES string of the molecule is CCOC(=O)Cc1csc(C(=O)COC(C)CC(C)C)n1. The second kappa shape index (κ2) is 8.89. The molecule has 0 aliphatic heterocycles. The van der Waals surface area contributed by atoms with Gasteiger partial charge in [0.15, 0.2) is 5.01 Å². The first-order valence-electron chi connectivity index (χ1n) is 7.17. The van der Waals surface area contributed by atoms with E-state index in [2.05, 4.69) is 18.8 Å². The van der Waals surface area contributed by atoms with Crippen molar-refractivity contribution in [2.45, 2.75) is 46.6 Å². The molecule has 0 N–H and O–H groups in total.